The van der Waals surface area contributed by atoms with Gasteiger partial charge in [-0.1, -0.05) is 18.2 Å². The molecule has 1 aromatic carbocycles. The Morgan fingerprint density at radius 2 is 2.04 bits per heavy atom. The Morgan fingerprint density at radius 1 is 1.36 bits per heavy atom. The van der Waals surface area contributed by atoms with Gasteiger partial charge in [0.1, 0.15) is 5.75 Å². The van der Waals surface area contributed by atoms with E-state index < -0.39 is 6.36 Å². The van der Waals surface area contributed by atoms with Gasteiger partial charge >= 0.3 is 6.36 Å². The van der Waals surface area contributed by atoms with E-state index >= 15 is 0 Å². The molecule has 0 aromatic heterocycles. The third-order valence-electron chi connectivity index (χ3n) is 4.28. The van der Waals surface area contributed by atoms with Crippen molar-refractivity contribution in [3.8, 4) is 5.75 Å². The maximum absolute atomic E-state index is 12.5. The number of likely N-dealkylation sites (tertiary alicyclic amines) is 1. The third kappa shape index (κ3) is 6.40. The summed E-state index contributed by atoms with van der Waals surface area (Å²) in [5.41, 5.74) is 6.33. The summed E-state index contributed by atoms with van der Waals surface area (Å²) in [7, 11) is 0. The molecule has 2 N–H and O–H groups in total. The van der Waals surface area contributed by atoms with Crippen LogP contribution in [0.15, 0.2) is 24.3 Å². The smallest absolute Gasteiger partial charge is 0.406 e. The quantitative estimate of drug-likeness (QED) is 0.848. The zero-order valence-electron chi connectivity index (χ0n) is 14.1. The Morgan fingerprint density at radius 3 is 2.68 bits per heavy atom. The van der Waals surface area contributed by atoms with Gasteiger partial charge in [0.15, 0.2) is 0 Å². The zero-order chi connectivity index (χ0) is 17.7. The van der Waals surface area contributed by atoms with E-state index in [0.29, 0.717) is 12.1 Å². The van der Waals surface area contributed by atoms with Gasteiger partial charge < -0.3 is 15.4 Å². The number of benzene rings is 1. The third-order valence-corrected chi connectivity index (χ3v) is 4.28. The average Bonchev–Trinajstić information content (AvgIpc) is 2.52. The first-order valence-electron chi connectivity index (χ1n) is 8.16. The molecule has 0 aliphatic carbocycles. The number of ether oxygens (including phenoxy) is 1. The van der Waals surface area contributed by atoms with Crippen molar-refractivity contribution in [1.82, 2.24) is 4.90 Å². The summed E-state index contributed by atoms with van der Waals surface area (Å²) in [4.78, 5) is 14.3. The van der Waals surface area contributed by atoms with E-state index in [1.807, 2.05) is 6.92 Å². The van der Waals surface area contributed by atoms with E-state index in [4.69, 9.17) is 5.73 Å². The van der Waals surface area contributed by atoms with Crippen molar-refractivity contribution in [3.63, 3.8) is 0 Å². The summed E-state index contributed by atoms with van der Waals surface area (Å²) in [5, 5.41) is 0. The molecule has 0 bridgehead atoms. The highest BCUT2D eigenvalue weighted by molar-refractivity contribution is 5.85. The molecule has 142 valence electrons. The van der Waals surface area contributed by atoms with Crippen LogP contribution in [-0.4, -0.2) is 35.8 Å². The van der Waals surface area contributed by atoms with E-state index in [1.54, 1.807) is 17.0 Å². The molecule has 0 saturated carbocycles. The number of para-hydroxylation sites is 1. The minimum absolute atomic E-state index is 0. The van der Waals surface area contributed by atoms with Crippen LogP contribution in [0.5, 0.6) is 5.75 Å². The summed E-state index contributed by atoms with van der Waals surface area (Å²) in [6, 6.07) is 5.81. The van der Waals surface area contributed by atoms with Crippen molar-refractivity contribution in [1.29, 1.82) is 0 Å². The molecule has 2 unspecified atom stereocenters. The van der Waals surface area contributed by atoms with Crippen LogP contribution in [0.4, 0.5) is 13.2 Å². The molecular weight excluding hydrogens is 357 g/mol. The average molecular weight is 381 g/mol. The van der Waals surface area contributed by atoms with Gasteiger partial charge in [-0.25, -0.2) is 0 Å². The van der Waals surface area contributed by atoms with Crippen molar-refractivity contribution in [2.24, 2.45) is 5.73 Å². The lowest BCUT2D eigenvalue weighted by atomic mass is 9.96. The molecule has 1 amide bonds. The fourth-order valence-corrected chi connectivity index (χ4v) is 3.13. The molecule has 2 rings (SSSR count). The van der Waals surface area contributed by atoms with Crippen molar-refractivity contribution in [2.45, 2.75) is 57.5 Å². The number of hydrogen-bond acceptors (Lipinski definition) is 3. The van der Waals surface area contributed by atoms with Gasteiger partial charge in [-0.3, -0.25) is 4.79 Å². The van der Waals surface area contributed by atoms with Crippen LogP contribution < -0.4 is 10.5 Å². The second-order valence-electron chi connectivity index (χ2n) is 6.16. The Bertz CT molecular complexity index is 567. The number of carbonyl (C=O) groups excluding carboxylic acids is 1. The molecule has 4 nitrogen and oxygen atoms in total. The summed E-state index contributed by atoms with van der Waals surface area (Å²) in [6.45, 7) is 2.54. The second-order valence-corrected chi connectivity index (χ2v) is 6.16. The van der Waals surface area contributed by atoms with Crippen molar-refractivity contribution >= 4 is 18.3 Å². The first-order chi connectivity index (χ1) is 11.3. The van der Waals surface area contributed by atoms with Gasteiger partial charge in [0, 0.05) is 25.0 Å². The molecule has 1 aliphatic heterocycles. The van der Waals surface area contributed by atoms with E-state index in [2.05, 4.69) is 4.74 Å². The lowest BCUT2D eigenvalue weighted by molar-refractivity contribution is -0.274. The van der Waals surface area contributed by atoms with E-state index in [1.165, 1.54) is 12.1 Å². The maximum Gasteiger partial charge on any atom is 0.573 e. The second kappa shape index (κ2) is 9.29. The molecule has 2 atom stereocenters. The lowest BCUT2D eigenvalue weighted by Gasteiger charge is -2.38. The summed E-state index contributed by atoms with van der Waals surface area (Å²) in [6.07, 6.45) is -1.56. The number of carbonyl (C=O) groups is 1. The molecule has 1 fully saturated rings. The minimum atomic E-state index is -4.74. The van der Waals surface area contributed by atoms with Crippen molar-refractivity contribution < 1.29 is 22.7 Å². The normalized spacial score (nSPS) is 19.1. The van der Waals surface area contributed by atoms with E-state index in [9.17, 15) is 18.0 Å². The number of amides is 1. The molecule has 1 aliphatic rings. The molecule has 1 saturated heterocycles. The van der Waals surface area contributed by atoms with Gasteiger partial charge in [0.2, 0.25) is 5.91 Å². The first kappa shape index (κ1) is 21.6. The lowest BCUT2D eigenvalue weighted by Crippen LogP contribution is -2.51. The van der Waals surface area contributed by atoms with E-state index in [0.717, 1.165) is 19.3 Å². The fraction of sp³-hybridized carbons (Fsp3) is 0.588. The number of piperidine rings is 1. The fourth-order valence-electron chi connectivity index (χ4n) is 3.13. The Balaban J connectivity index is 0.00000312. The zero-order valence-corrected chi connectivity index (χ0v) is 14.9. The minimum Gasteiger partial charge on any atom is -0.406 e. The highest BCUT2D eigenvalue weighted by Gasteiger charge is 2.32. The van der Waals surface area contributed by atoms with Crippen LogP contribution in [0.25, 0.3) is 0 Å². The summed E-state index contributed by atoms with van der Waals surface area (Å²) in [5.74, 6) is -0.320. The Hall–Kier alpha value is -1.47. The first-order valence-corrected chi connectivity index (χ1v) is 8.16. The van der Waals surface area contributed by atoms with Gasteiger partial charge in [-0.15, -0.1) is 25.6 Å². The van der Waals surface area contributed by atoms with Gasteiger partial charge in [0.05, 0.1) is 0 Å². The van der Waals surface area contributed by atoms with Crippen LogP contribution in [0.2, 0.25) is 0 Å². The largest absolute Gasteiger partial charge is 0.573 e. The van der Waals surface area contributed by atoms with Crippen LogP contribution in [0.3, 0.4) is 0 Å². The molecule has 8 heteroatoms. The van der Waals surface area contributed by atoms with Gasteiger partial charge in [0.25, 0.3) is 0 Å². The van der Waals surface area contributed by atoms with Crippen LogP contribution >= 0.6 is 12.4 Å². The molecule has 1 heterocycles. The predicted octanol–water partition coefficient (Wildman–Crippen LogP) is 3.67. The SMILES string of the molecule is CC(N)C1CCCCN1C(=O)CCc1ccccc1OC(F)(F)F.Cl. The number of hydrogen-bond donors (Lipinski definition) is 1. The number of rotatable bonds is 5. The van der Waals surface area contributed by atoms with Crippen LogP contribution in [0.1, 0.15) is 38.2 Å². The van der Waals surface area contributed by atoms with Gasteiger partial charge in [-0.2, -0.15) is 0 Å². The van der Waals surface area contributed by atoms with Gasteiger partial charge in [-0.05, 0) is 44.2 Å². The summed E-state index contributed by atoms with van der Waals surface area (Å²) >= 11 is 0. The number of nitrogens with zero attached hydrogens (tertiary/aromatic N) is 1. The molecular formula is C17H24ClF3N2O2. The number of alkyl halides is 3. The topological polar surface area (TPSA) is 55.6 Å². The Kier molecular flexibility index (Phi) is 8.02. The molecule has 25 heavy (non-hydrogen) atoms. The molecule has 0 spiro atoms. The highest BCUT2D eigenvalue weighted by atomic mass is 35.5. The Labute approximate surface area is 151 Å². The maximum atomic E-state index is 12.5. The van der Waals surface area contributed by atoms with Crippen LogP contribution in [0, 0.1) is 0 Å². The van der Waals surface area contributed by atoms with E-state index in [-0.39, 0.29) is 49.0 Å². The number of nitrogens with two attached hydrogens (primary N) is 1. The highest BCUT2D eigenvalue weighted by Crippen LogP contribution is 2.27. The monoisotopic (exact) mass is 380 g/mol. The standard InChI is InChI=1S/C17H23F3N2O2.ClH/c1-12(21)14-7-4-5-11-22(14)16(23)10-9-13-6-2-3-8-15(13)24-17(18,19)20;/h2-3,6,8,12,14H,4-5,7,9-11,21H2,1H3;1H. The predicted molar refractivity (Wildman–Crippen MR) is 91.7 cm³/mol. The molecule has 1 aromatic rings. The molecule has 0 radical (unpaired) electrons. The number of aryl methyl sites for hydroxylation is 1. The summed E-state index contributed by atoms with van der Waals surface area (Å²) < 4.78 is 41.3. The van der Waals surface area contributed by atoms with Crippen LogP contribution in [-0.2, 0) is 11.2 Å². The van der Waals surface area contributed by atoms with Crippen molar-refractivity contribution in [2.75, 3.05) is 6.54 Å². The van der Waals surface area contributed by atoms with Crippen molar-refractivity contribution in [3.05, 3.63) is 29.8 Å². The number of halogens is 4.